The first kappa shape index (κ1) is 12.5. The number of rotatable bonds is 4. The van der Waals surface area contributed by atoms with Gasteiger partial charge in [0, 0.05) is 7.05 Å². The smallest absolute Gasteiger partial charge is 0.375 e. The fourth-order valence-electron chi connectivity index (χ4n) is 1.47. The maximum absolute atomic E-state index is 11.5. The molecule has 0 amide bonds. The van der Waals surface area contributed by atoms with Gasteiger partial charge in [-0.2, -0.15) is 9.47 Å². The summed E-state index contributed by atoms with van der Waals surface area (Å²) < 4.78 is 9.07. The quantitative estimate of drug-likeness (QED) is 0.814. The maximum atomic E-state index is 11.5. The van der Waals surface area contributed by atoms with Crippen LogP contribution in [-0.4, -0.2) is 39.2 Å². The molecule has 2 rings (SSSR count). The van der Waals surface area contributed by atoms with Crippen molar-refractivity contribution >= 4 is 22.5 Å². The van der Waals surface area contributed by atoms with E-state index in [-0.39, 0.29) is 5.82 Å². The number of ether oxygens (including phenoxy) is 1. The molecule has 2 N–H and O–H groups in total. The van der Waals surface area contributed by atoms with Crippen LogP contribution in [-0.2, 0) is 4.74 Å². The monoisotopic (exact) mass is 267 g/mol. The number of nitrogens with one attached hydrogen (secondary N) is 2. The third kappa shape index (κ3) is 2.19. The molecule has 0 aliphatic rings. The minimum absolute atomic E-state index is 0.0968. The minimum Gasteiger partial charge on any atom is -0.460 e. The van der Waals surface area contributed by atoms with Crippen LogP contribution < -0.4 is 5.32 Å². The van der Waals surface area contributed by atoms with Gasteiger partial charge in [0.2, 0.25) is 5.82 Å². The van der Waals surface area contributed by atoms with Crippen molar-refractivity contribution in [3.05, 3.63) is 11.5 Å². The molecule has 8 heteroatoms. The Morgan fingerprint density at radius 3 is 3.00 bits per heavy atom. The highest BCUT2D eigenvalue weighted by molar-refractivity contribution is 7.10. The summed E-state index contributed by atoms with van der Waals surface area (Å²) >= 11 is 1.33. The lowest BCUT2D eigenvalue weighted by molar-refractivity contribution is 0.0512. The molecule has 0 saturated carbocycles. The van der Waals surface area contributed by atoms with Crippen LogP contribution in [0.25, 0.3) is 11.4 Å². The Morgan fingerprint density at radius 1 is 1.56 bits per heavy atom. The van der Waals surface area contributed by atoms with Crippen molar-refractivity contribution in [3.63, 3.8) is 0 Å². The molecule has 0 radical (unpaired) electrons. The number of hydrogen-bond acceptors (Lipinski definition) is 7. The highest BCUT2D eigenvalue weighted by Gasteiger charge is 2.19. The Kier molecular flexibility index (Phi) is 3.56. The van der Waals surface area contributed by atoms with Gasteiger partial charge in [0.15, 0.2) is 5.82 Å². The molecule has 0 spiro atoms. The molecule has 0 bridgehead atoms. The van der Waals surface area contributed by atoms with E-state index < -0.39 is 5.97 Å². The van der Waals surface area contributed by atoms with E-state index in [0.717, 1.165) is 16.3 Å². The predicted molar refractivity (Wildman–Crippen MR) is 67.7 cm³/mol. The second-order valence-electron chi connectivity index (χ2n) is 3.45. The molecule has 2 aromatic heterocycles. The number of aryl methyl sites for hydroxylation is 1. The molecule has 0 aliphatic heterocycles. The number of carbonyl (C=O) groups excluding carboxylic acids is 1. The van der Waals surface area contributed by atoms with Gasteiger partial charge in [-0.3, -0.25) is 5.10 Å². The van der Waals surface area contributed by atoms with Crippen molar-refractivity contribution < 1.29 is 9.53 Å². The number of H-pyrrole nitrogens is 1. The highest BCUT2D eigenvalue weighted by Crippen LogP contribution is 2.31. The normalized spacial score (nSPS) is 10.4. The standard InChI is InChI=1S/C10H13N5O2S/c1-4-17-10(16)8-12-7(13-14-8)6-5(2)15-18-9(6)11-3/h11H,4H2,1-3H3,(H,12,13,14). The van der Waals surface area contributed by atoms with E-state index in [1.807, 2.05) is 6.92 Å². The van der Waals surface area contributed by atoms with Crippen molar-refractivity contribution in [2.45, 2.75) is 13.8 Å². The van der Waals surface area contributed by atoms with E-state index in [9.17, 15) is 4.79 Å². The van der Waals surface area contributed by atoms with Crippen molar-refractivity contribution in [3.8, 4) is 11.4 Å². The number of esters is 1. The summed E-state index contributed by atoms with van der Waals surface area (Å²) in [5.41, 5.74) is 1.62. The average molecular weight is 267 g/mol. The zero-order valence-electron chi connectivity index (χ0n) is 10.3. The predicted octanol–water partition coefficient (Wildman–Crippen LogP) is 1.46. The van der Waals surface area contributed by atoms with E-state index in [2.05, 4.69) is 24.9 Å². The largest absolute Gasteiger partial charge is 0.460 e. The lowest BCUT2D eigenvalue weighted by Crippen LogP contribution is -2.06. The summed E-state index contributed by atoms with van der Waals surface area (Å²) in [5, 5.41) is 10.5. The van der Waals surface area contributed by atoms with Crippen LogP contribution in [0.1, 0.15) is 23.2 Å². The van der Waals surface area contributed by atoms with Crippen LogP contribution in [0.4, 0.5) is 5.00 Å². The average Bonchev–Trinajstić information content (AvgIpc) is 2.95. The van der Waals surface area contributed by atoms with Crippen LogP contribution in [0.2, 0.25) is 0 Å². The van der Waals surface area contributed by atoms with Crippen LogP contribution >= 0.6 is 11.5 Å². The van der Waals surface area contributed by atoms with Crippen LogP contribution in [0.3, 0.4) is 0 Å². The van der Waals surface area contributed by atoms with Crippen LogP contribution in [0.5, 0.6) is 0 Å². The Balaban J connectivity index is 2.35. The summed E-state index contributed by atoms with van der Waals surface area (Å²) in [6, 6.07) is 0. The van der Waals surface area contributed by atoms with Crippen molar-refractivity contribution in [2.24, 2.45) is 0 Å². The van der Waals surface area contributed by atoms with Gasteiger partial charge in [-0.25, -0.2) is 9.78 Å². The van der Waals surface area contributed by atoms with E-state index >= 15 is 0 Å². The van der Waals surface area contributed by atoms with Crippen molar-refractivity contribution in [1.82, 2.24) is 19.6 Å². The third-order valence-electron chi connectivity index (χ3n) is 2.27. The zero-order valence-corrected chi connectivity index (χ0v) is 11.1. The van der Waals surface area contributed by atoms with E-state index in [4.69, 9.17) is 4.74 Å². The van der Waals surface area contributed by atoms with E-state index in [0.29, 0.717) is 12.4 Å². The topological polar surface area (TPSA) is 92.8 Å². The Labute approximate surface area is 108 Å². The summed E-state index contributed by atoms with van der Waals surface area (Å²) in [4.78, 5) is 15.6. The van der Waals surface area contributed by atoms with E-state index in [1.165, 1.54) is 11.5 Å². The first-order valence-electron chi connectivity index (χ1n) is 5.41. The van der Waals surface area contributed by atoms with Crippen LogP contribution in [0.15, 0.2) is 0 Å². The molecule has 18 heavy (non-hydrogen) atoms. The number of carbonyl (C=O) groups is 1. The number of aromatic amines is 1. The second-order valence-corrected chi connectivity index (χ2v) is 4.22. The van der Waals surface area contributed by atoms with Gasteiger partial charge in [0.1, 0.15) is 5.00 Å². The van der Waals surface area contributed by atoms with Gasteiger partial charge in [0.05, 0.1) is 17.9 Å². The Hall–Kier alpha value is -1.96. The second kappa shape index (κ2) is 5.13. The van der Waals surface area contributed by atoms with Crippen molar-refractivity contribution in [1.29, 1.82) is 0 Å². The summed E-state index contributed by atoms with van der Waals surface area (Å²) in [6.45, 7) is 3.91. The molecular weight excluding hydrogens is 254 g/mol. The maximum Gasteiger partial charge on any atom is 0.375 e. The molecule has 2 heterocycles. The van der Waals surface area contributed by atoms with Gasteiger partial charge < -0.3 is 10.1 Å². The minimum atomic E-state index is -0.511. The number of hydrogen-bond donors (Lipinski definition) is 2. The molecule has 0 unspecified atom stereocenters. The zero-order chi connectivity index (χ0) is 13.1. The lowest BCUT2D eigenvalue weighted by Gasteiger charge is -1.98. The lowest BCUT2D eigenvalue weighted by atomic mass is 10.2. The number of aromatic nitrogens is 4. The van der Waals surface area contributed by atoms with E-state index in [1.54, 1.807) is 14.0 Å². The molecule has 0 aliphatic carbocycles. The third-order valence-corrected chi connectivity index (χ3v) is 3.22. The van der Waals surface area contributed by atoms with Crippen molar-refractivity contribution in [2.75, 3.05) is 19.0 Å². The first-order valence-corrected chi connectivity index (χ1v) is 6.18. The Morgan fingerprint density at radius 2 is 2.33 bits per heavy atom. The highest BCUT2D eigenvalue weighted by atomic mass is 32.1. The molecule has 0 fully saturated rings. The SMILES string of the molecule is CCOC(=O)c1nc(-c2c(C)nsc2NC)n[nH]1. The fourth-order valence-corrected chi connectivity index (χ4v) is 2.21. The molecular formula is C10H13N5O2S. The molecule has 0 aromatic carbocycles. The summed E-state index contributed by atoms with van der Waals surface area (Å²) in [6.07, 6.45) is 0. The molecule has 7 nitrogen and oxygen atoms in total. The van der Waals surface area contributed by atoms with Gasteiger partial charge in [-0.15, -0.1) is 0 Å². The van der Waals surface area contributed by atoms with Gasteiger partial charge in [0.25, 0.3) is 0 Å². The molecule has 96 valence electrons. The molecule has 0 saturated heterocycles. The molecule has 2 aromatic rings. The summed E-state index contributed by atoms with van der Waals surface area (Å²) in [5.74, 6) is 0.0243. The first-order chi connectivity index (χ1) is 8.67. The van der Waals surface area contributed by atoms with Crippen LogP contribution in [0, 0.1) is 6.92 Å². The van der Waals surface area contributed by atoms with Gasteiger partial charge in [-0.1, -0.05) is 0 Å². The number of nitrogens with zero attached hydrogens (tertiary/aromatic N) is 3. The number of anilines is 1. The fraction of sp³-hybridized carbons (Fsp3) is 0.400. The summed E-state index contributed by atoms with van der Waals surface area (Å²) in [7, 11) is 1.80. The molecule has 0 atom stereocenters. The van der Waals surface area contributed by atoms with Gasteiger partial charge in [-0.05, 0) is 25.4 Å². The Bertz CT molecular complexity index is 562. The van der Waals surface area contributed by atoms with Gasteiger partial charge >= 0.3 is 5.97 Å².